The molecular formula is C14H28N2O2. The van der Waals surface area contributed by atoms with Crippen molar-refractivity contribution in [3.05, 3.63) is 0 Å². The summed E-state index contributed by atoms with van der Waals surface area (Å²) in [6, 6.07) is 1.16. The van der Waals surface area contributed by atoms with Crippen LogP contribution in [0.4, 0.5) is 0 Å². The highest BCUT2D eigenvalue weighted by molar-refractivity contribution is 4.95. The van der Waals surface area contributed by atoms with Gasteiger partial charge in [-0.2, -0.15) is 0 Å². The molecule has 0 aromatic heterocycles. The summed E-state index contributed by atoms with van der Waals surface area (Å²) < 4.78 is 11.7. The van der Waals surface area contributed by atoms with Gasteiger partial charge in [-0.05, 0) is 33.2 Å². The molecule has 1 aliphatic heterocycles. The van der Waals surface area contributed by atoms with Crippen molar-refractivity contribution in [2.45, 2.75) is 70.4 Å². The maximum Gasteiger partial charge on any atom is 0.170 e. The second-order valence-electron chi connectivity index (χ2n) is 5.91. The quantitative estimate of drug-likeness (QED) is 0.832. The van der Waals surface area contributed by atoms with Gasteiger partial charge in [-0.3, -0.25) is 4.90 Å². The first-order valence-electron chi connectivity index (χ1n) is 7.37. The Bertz CT molecular complexity index is 265. The standard InChI is InChI=1S/C14H28N2O2/c1-4-7-16(11(2)3)13-10-14(6-5-12(13)15)17-8-9-18-14/h11-13H,4-10,15H2,1-3H3. The van der Waals surface area contributed by atoms with Gasteiger partial charge in [-0.1, -0.05) is 6.92 Å². The van der Waals surface area contributed by atoms with Crippen LogP contribution in [0.5, 0.6) is 0 Å². The number of ether oxygens (including phenoxy) is 2. The second-order valence-corrected chi connectivity index (χ2v) is 5.91. The highest BCUT2D eigenvalue weighted by Crippen LogP contribution is 2.37. The molecule has 2 unspecified atom stereocenters. The first-order valence-corrected chi connectivity index (χ1v) is 7.37. The fraction of sp³-hybridized carbons (Fsp3) is 1.00. The fourth-order valence-electron chi connectivity index (χ4n) is 3.34. The van der Waals surface area contributed by atoms with Crippen LogP contribution in [0.1, 0.15) is 46.5 Å². The predicted octanol–water partition coefficient (Wildman–Crippen LogP) is 1.73. The minimum atomic E-state index is -0.332. The summed E-state index contributed by atoms with van der Waals surface area (Å²) in [5.41, 5.74) is 6.35. The van der Waals surface area contributed by atoms with E-state index in [1.165, 1.54) is 0 Å². The fourth-order valence-corrected chi connectivity index (χ4v) is 3.34. The molecule has 2 aliphatic rings. The first-order chi connectivity index (χ1) is 8.58. The second kappa shape index (κ2) is 5.87. The van der Waals surface area contributed by atoms with Crippen LogP contribution in [0.15, 0.2) is 0 Å². The van der Waals surface area contributed by atoms with Gasteiger partial charge < -0.3 is 15.2 Å². The molecule has 1 saturated heterocycles. The zero-order chi connectivity index (χ0) is 13.2. The average Bonchev–Trinajstić information content (AvgIpc) is 2.78. The van der Waals surface area contributed by atoms with E-state index in [4.69, 9.17) is 15.2 Å². The Morgan fingerprint density at radius 3 is 2.56 bits per heavy atom. The Morgan fingerprint density at radius 2 is 2.00 bits per heavy atom. The molecule has 0 bridgehead atoms. The minimum absolute atomic E-state index is 0.248. The zero-order valence-corrected chi connectivity index (χ0v) is 12.0. The van der Waals surface area contributed by atoms with E-state index in [2.05, 4.69) is 25.7 Å². The SMILES string of the molecule is CCCN(C(C)C)C1CC2(CCC1N)OCCO2. The summed E-state index contributed by atoms with van der Waals surface area (Å²) in [4.78, 5) is 2.52. The molecule has 106 valence electrons. The normalized spacial score (nSPS) is 31.7. The van der Waals surface area contributed by atoms with Gasteiger partial charge in [-0.25, -0.2) is 0 Å². The minimum Gasteiger partial charge on any atom is -0.347 e. The van der Waals surface area contributed by atoms with E-state index >= 15 is 0 Å². The van der Waals surface area contributed by atoms with Gasteiger partial charge >= 0.3 is 0 Å². The molecule has 2 N–H and O–H groups in total. The Morgan fingerprint density at radius 1 is 1.33 bits per heavy atom. The van der Waals surface area contributed by atoms with Gasteiger partial charge in [-0.15, -0.1) is 0 Å². The third-order valence-electron chi connectivity index (χ3n) is 4.26. The third-order valence-corrected chi connectivity index (χ3v) is 4.26. The molecule has 1 spiro atoms. The van der Waals surface area contributed by atoms with Crippen molar-refractivity contribution >= 4 is 0 Å². The average molecular weight is 256 g/mol. The Balaban J connectivity index is 2.08. The lowest BCUT2D eigenvalue weighted by Crippen LogP contribution is -2.58. The first kappa shape index (κ1) is 14.3. The molecule has 18 heavy (non-hydrogen) atoms. The van der Waals surface area contributed by atoms with Crippen molar-refractivity contribution in [2.24, 2.45) is 5.73 Å². The molecule has 0 amide bonds. The van der Waals surface area contributed by atoms with E-state index in [1.54, 1.807) is 0 Å². The molecule has 1 saturated carbocycles. The maximum absolute atomic E-state index is 6.35. The van der Waals surface area contributed by atoms with Crippen molar-refractivity contribution in [1.29, 1.82) is 0 Å². The van der Waals surface area contributed by atoms with Gasteiger partial charge in [0.15, 0.2) is 5.79 Å². The van der Waals surface area contributed by atoms with Crippen LogP contribution in [-0.4, -0.2) is 48.6 Å². The summed E-state index contributed by atoms with van der Waals surface area (Å²) in [5, 5.41) is 0. The van der Waals surface area contributed by atoms with Crippen molar-refractivity contribution in [2.75, 3.05) is 19.8 Å². The topological polar surface area (TPSA) is 47.7 Å². The van der Waals surface area contributed by atoms with Crippen molar-refractivity contribution in [1.82, 2.24) is 4.90 Å². The largest absolute Gasteiger partial charge is 0.347 e. The molecule has 4 nitrogen and oxygen atoms in total. The highest BCUT2D eigenvalue weighted by atomic mass is 16.7. The number of rotatable bonds is 4. The summed E-state index contributed by atoms with van der Waals surface area (Å²) >= 11 is 0. The molecule has 2 atom stereocenters. The predicted molar refractivity (Wildman–Crippen MR) is 72.4 cm³/mol. The van der Waals surface area contributed by atoms with Crippen LogP contribution in [0.2, 0.25) is 0 Å². The van der Waals surface area contributed by atoms with Crippen LogP contribution in [-0.2, 0) is 9.47 Å². The third kappa shape index (κ3) is 2.87. The number of nitrogens with two attached hydrogens (primary N) is 1. The lowest BCUT2D eigenvalue weighted by Gasteiger charge is -2.46. The molecule has 0 radical (unpaired) electrons. The van der Waals surface area contributed by atoms with Crippen LogP contribution in [0.3, 0.4) is 0 Å². The van der Waals surface area contributed by atoms with Crippen LogP contribution < -0.4 is 5.73 Å². The van der Waals surface area contributed by atoms with E-state index in [9.17, 15) is 0 Å². The molecule has 2 fully saturated rings. The van der Waals surface area contributed by atoms with Crippen molar-refractivity contribution in [3.8, 4) is 0 Å². The van der Waals surface area contributed by atoms with Crippen LogP contribution >= 0.6 is 0 Å². The van der Waals surface area contributed by atoms with E-state index in [0.717, 1.165) is 45.4 Å². The summed E-state index contributed by atoms with van der Waals surface area (Å²) in [5.74, 6) is -0.332. The summed E-state index contributed by atoms with van der Waals surface area (Å²) in [7, 11) is 0. The number of hydrogen-bond acceptors (Lipinski definition) is 4. The van der Waals surface area contributed by atoms with Gasteiger partial charge in [0.25, 0.3) is 0 Å². The number of hydrogen-bond donors (Lipinski definition) is 1. The molecule has 0 aromatic rings. The molecule has 1 aliphatic carbocycles. The summed E-state index contributed by atoms with van der Waals surface area (Å²) in [6.45, 7) is 9.29. The van der Waals surface area contributed by atoms with Crippen molar-refractivity contribution in [3.63, 3.8) is 0 Å². The smallest absolute Gasteiger partial charge is 0.170 e. The van der Waals surface area contributed by atoms with Gasteiger partial charge in [0, 0.05) is 31.0 Å². The molecule has 2 rings (SSSR count). The lowest BCUT2D eigenvalue weighted by molar-refractivity contribution is -0.193. The Labute approximate surface area is 111 Å². The van der Waals surface area contributed by atoms with E-state index in [0.29, 0.717) is 12.1 Å². The van der Waals surface area contributed by atoms with E-state index in [1.807, 2.05) is 0 Å². The number of nitrogens with zero attached hydrogens (tertiary/aromatic N) is 1. The monoisotopic (exact) mass is 256 g/mol. The molecule has 4 heteroatoms. The van der Waals surface area contributed by atoms with E-state index < -0.39 is 0 Å². The lowest BCUT2D eigenvalue weighted by atomic mass is 9.84. The van der Waals surface area contributed by atoms with Crippen molar-refractivity contribution < 1.29 is 9.47 Å². The van der Waals surface area contributed by atoms with E-state index in [-0.39, 0.29) is 11.8 Å². The van der Waals surface area contributed by atoms with Gasteiger partial charge in [0.1, 0.15) is 0 Å². The highest BCUT2D eigenvalue weighted by Gasteiger charge is 2.46. The maximum atomic E-state index is 6.35. The van der Waals surface area contributed by atoms with Crippen LogP contribution in [0.25, 0.3) is 0 Å². The molecular weight excluding hydrogens is 228 g/mol. The molecule has 0 aromatic carbocycles. The van der Waals surface area contributed by atoms with Gasteiger partial charge in [0.05, 0.1) is 13.2 Å². The zero-order valence-electron chi connectivity index (χ0n) is 12.0. The Hall–Kier alpha value is -0.160. The van der Waals surface area contributed by atoms with Crippen LogP contribution in [0, 0.1) is 0 Å². The molecule has 1 heterocycles. The Kier molecular flexibility index (Phi) is 4.64. The van der Waals surface area contributed by atoms with Gasteiger partial charge in [0.2, 0.25) is 0 Å². The summed E-state index contributed by atoms with van der Waals surface area (Å²) in [6.07, 6.45) is 4.03.